The van der Waals surface area contributed by atoms with Gasteiger partial charge in [-0.15, -0.1) is 0 Å². The van der Waals surface area contributed by atoms with Crippen molar-refractivity contribution < 1.29 is 5.11 Å². The predicted octanol–water partition coefficient (Wildman–Crippen LogP) is 4.47. The molecule has 0 fully saturated rings. The van der Waals surface area contributed by atoms with Crippen LogP contribution in [0.4, 0.5) is 5.69 Å². The van der Waals surface area contributed by atoms with E-state index in [4.69, 9.17) is 22.7 Å². The van der Waals surface area contributed by atoms with Crippen molar-refractivity contribution in [2.24, 2.45) is 11.7 Å². The molecule has 2 aromatic rings. The van der Waals surface area contributed by atoms with Crippen molar-refractivity contribution in [2.75, 3.05) is 11.9 Å². The highest BCUT2D eigenvalue weighted by Crippen LogP contribution is 2.32. The third kappa shape index (κ3) is 5.22. The number of rotatable bonds is 8. The Bertz CT molecular complexity index is 906. The molecule has 3 rings (SSSR count). The highest BCUT2D eigenvalue weighted by atomic mass is 35.5. The van der Waals surface area contributed by atoms with Gasteiger partial charge in [0.25, 0.3) is 0 Å². The average Bonchev–Trinajstić information content (AvgIpc) is 2.97. The van der Waals surface area contributed by atoms with Gasteiger partial charge in [-0.05, 0) is 47.7 Å². The van der Waals surface area contributed by atoms with E-state index in [-0.39, 0.29) is 12.0 Å². The first-order valence-corrected chi connectivity index (χ1v) is 10.8. The molecule has 0 bridgehead atoms. The topological polar surface area (TPSA) is 94.2 Å². The summed E-state index contributed by atoms with van der Waals surface area (Å²) in [6.45, 7) is 7.03. The highest BCUT2D eigenvalue weighted by molar-refractivity contribution is 6.30. The number of allylic oxidation sites excluding steroid dienone is 1. The van der Waals surface area contributed by atoms with E-state index in [1.165, 1.54) is 0 Å². The summed E-state index contributed by atoms with van der Waals surface area (Å²) in [5, 5.41) is 26.3. The third-order valence-electron chi connectivity index (χ3n) is 5.53. The molecule has 1 aliphatic rings. The number of hydrogen-bond acceptors (Lipinski definition) is 5. The Kier molecular flexibility index (Phi) is 7.19. The molecule has 0 radical (unpaired) electrons. The standard InChI is InChI=1S/C24H31ClN4O/c1-14(2)28-13-20(16-4-8-18(25)9-5-16)29-19-10-6-17(7-11-19)23(26)22-15(3)12-21(30)24(22)27/h4-11,14-15,20-21,26,28-30H,12-13,27H2,1-3H3/t15-,20?,21-/m1/s1. The van der Waals surface area contributed by atoms with Crippen LogP contribution in [0.1, 0.15) is 44.4 Å². The normalized spacial score (nSPS) is 19.9. The van der Waals surface area contributed by atoms with Crippen LogP contribution < -0.4 is 16.4 Å². The molecule has 0 saturated carbocycles. The molecule has 0 aromatic heterocycles. The average molecular weight is 427 g/mol. The zero-order chi connectivity index (χ0) is 21.8. The molecule has 0 saturated heterocycles. The first kappa shape index (κ1) is 22.3. The van der Waals surface area contributed by atoms with Crippen LogP contribution in [-0.4, -0.2) is 29.5 Å². The van der Waals surface area contributed by atoms with Gasteiger partial charge in [-0.25, -0.2) is 0 Å². The zero-order valence-electron chi connectivity index (χ0n) is 17.7. The van der Waals surface area contributed by atoms with Crippen molar-refractivity contribution in [3.05, 3.63) is 76.0 Å². The first-order valence-electron chi connectivity index (χ1n) is 10.4. The van der Waals surface area contributed by atoms with E-state index in [0.29, 0.717) is 23.9 Å². The van der Waals surface area contributed by atoms with Crippen molar-refractivity contribution in [3.8, 4) is 0 Å². The maximum absolute atomic E-state index is 9.99. The van der Waals surface area contributed by atoms with Gasteiger partial charge in [0.15, 0.2) is 0 Å². The van der Waals surface area contributed by atoms with Gasteiger partial charge in [0.2, 0.25) is 0 Å². The summed E-state index contributed by atoms with van der Waals surface area (Å²) >= 11 is 6.05. The van der Waals surface area contributed by atoms with E-state index in [9.17, 15) is 5.11 Å². The molecule has 0 spiro atoms. The molecule has 0 heterocycles. The molecule has 160 valence electrons. The fourth-order valence-corrected chi connectivity index (χ4v) is 3.95. The number of benzene rings is 2. The lowest BCUT2D eigenvalue weighted by Crippen LogP contribution is -2.31. The van der Waals surface area contributed by atoms with E-state index in [1.807, 2.05) is 55.5 Å². The largest absolute Gasteiger partial charge is 0.400 e. The lowest BCUT2D eigenvalue weighted by molar-refractivity contribution is 0.201. The molecule has 1 unspecified atom stereocenters. The number of anilines is 1. The van der Waals surface area contributed by atoms with Crippen LogP contribution in [0.2, 0.25) is 5.02 Å². The summed E-state index contributed by atoms with van der Waals surface area (Å²) in [5.74, 6) is 0.0849. The predicted molar refractivity (Wildman–Crippen MR) is 125 cm³/mol. The summed E-state index contributed by atoms with van der Waals surface area (Å²) in [6.07, 6.45) is -0.0701. The van der Waals surface area contributed by atoms with Crippen molar-refractivity contribution in [1.82, 2.24) is 5.32 Å². The number of aliphatic hydroxyl groups excluding tert-OH is 1. The maximum Gasteiger partial charge on any atom is 0.0941 e. The molecule has 1 aliphatic carbocycles. The van der Waals surface area contributed by atoms with Gasteiger partial charge in [0.1, 0.15) is 0 Å². The minimum Gasteiger partial charge on any atom is -0.400 e. The van der Waals surface area contributed by atoms with Crippen molar-refractivity contribution in [2.45, 2.75) is 45.4 Å². The van der Waals surface area contributed by atoms with Gasteiger partial charge in [0.05, 0.1) is 17.9 Å². The van der Waals surface area contributed by atoms with Crippen LogP contribution in [0, 0.1) is 11.3 Å². The summed E-state index contributed by atoms with van der Waals surface area (Å²) < 4.78 is 0. The van der Waals surface area contributed by atoms with Crippen molar-refractivity contribution in [1.29, 1.82) is 5.41 Å². The fraction of sp³-hybridized carbons (Fsp3) is 0.375. The van der Waals surface area contributed by atoms with Crippen molar-refractivity contribution in [3.63, 3.8) is 0 Å². The van der Waals surface area contributed by atoms with Crippen LogP contribution in [0.25, 0.3) is 0 Å². The maximum atomic E-state index is 9.99. The molecule has 5 nitrogen and oxygen atoms in total. The molecule has 3 atom stereocenters. The van der Waals surface area contributed by atoms with Crippen LogP contribution in [0.3, 0.4) is 0 Å². The molecule has 0 aliphatic heterocycles. The van der Waals surface area contributed by atoms with Crippen LogP contribution in [-0.2, 0) is 0 Å². The second-order valence-corrected chi connectivity index (χ2v) is 8.72. The SMILES string of the molecule is CC(C)NCC(Nc1ccc(C(=N)C2=C(N)[C@H](O)C[C@H]2C)cc1)c1ccc(Cl)cc1. The Morgan fingerprint density at radius 2 is 1.80 bits per heavy atom. The Hall–Kier alpha value is -2.34. The van der Waals surface area contributed by atoms with E-state index < -0.39 is 6.10 Å². The molecular formula is C24H31ClN4O. The first-order chi connectivity index (χ1) is 14.3. The number of aliphatic hydroxyl groups is 1. The summed E-state index contributed by atoms with van der Waals surface area (Å²) in [5.41, 5.74) is 10.5. The fourth-order valence-electron chi connectivity index (χ4n) is 3.83. The van der Waals surface area contributed by atoms with Gasteiger partial charge in [-0.2, -0.15) is 0 Å². The molecular weight excluding hydrogens is 396 g/mol. The Morgan fingerprint density at radius 1 is 1.17 bits per heavy atom. The molecule has 0 amide bonds. The molecule has 6 heteroatoms. The second kappa shape index (κ2) is 9.65. The van der Waals surface area contributed by atoms with Gasteiger partial charge >= 0.3 is 0 Å². The van der Waals surface area contributed by atoms with Crippen LogP contribution >= 0.6 is 11.6 Å². The number of hydrogen-bond donors (Lipinski definition) is 5. The quantitative estimate of drug-likeness (QED) is 0.402. The summed E-state index contributed by atoms with van der Waals surface area (Å²) in [7, 11) is 0. The summed E-state index contributed by atoms with van der Waals surface area (Å²) in [4.78, 5) is 0. The smallest absolute Gasteiger partial charge is 0.0941 e. The third-order valence-corrected chi connectivity index (χ3v) is 5.78. The lowest BCUT2D eigenvalue weighted by atomic mass is 9.94. The highest BCUT2D eigenvalue weighted by Gasteiger charge is 2.30. The van der Waals surface area contributed by atoms with E-state index in [0.717, 1.165) is 34.0 Å². The van der Waals surface area contributed by atoms with E-state index in [1.54, 1.807) is 0 Å². The minimum absolute atomic E-state index is 0.0818. The Balaban J connectivity index is 1.76. The lowest BCUT2D eigenvalue weighted by Gasteiger charge is -2.23. The molecule has 6 N–H and O–H groups in total. The number of nitrogens with one attached hydrogen (secondary N) is 3. The Labute approximate surface area is 183 Å². The van der Waals surface area contributed by atoms with E-state index in [2.05, 4.69) is 24.5 Å². The van der Waals surface area contributed by atoms with Gasteiger partial charge in [-0.3, -0.25) is 5.41 Å². The van der Waals surface area contributed by atoms with Gasteiger partial charge in [-0.1, -0.05) is 56.6 Å². The van der Waals surface area contributed by atoms with Crippen LogP contribution in [0.5, 0.6) is 0 Å². The van der Waals surface area contributed by atoms with Crippen molar-refractivity contribution >= 4 is 23.0 Å². The van der Waals surface area contributed by atoms with E-state index >= 15 is 0 Å². The molecule has 30 heavy (non-hydrogen) atoms. The summed E-state index contributed by atoms with van der Waals surface area (Å²) in [6, 6.07) is 16.2. The van der Waals surface area contributed by atoms with Gasteiger partial charge < -0.3 is 21.5 Å². The minimum atomic E-state index is -0.648. The molecule has 2 aromatic carbocycles. The monoisotopic (exact) mass is 426 g/mol. The number of halogens is 1. The second-order valence-electron chi connectivity index (χ2n) is 8.29. The van der Waals surface area contributed by atoms with Crippen LogP contribution in [0.15, 0.2) is 59.8 Å². The zero-order valence-corrected chi connectivity index (χ0v) is 18.5. The number of nitrogens with two attached hydrogens (primary N) is 1. The van der Waals surface area contributed by atoms with Gasteiger partial charge in [0, 0.05) is 34.6 Å². The Morgan fingerprint density at radius 3 is 2.33 bits per heavy atom.